The summed E-state index contributed by atoms with van der Waals surface area (Å²) in [6.07, 6.45) is 11.7. The first-order valence-electron chi connectivity index (χ1n) is 9.19. The van der Waals surface area contributed by atoms with Gasteiger partial charge in [0.05, 0.1) is 5.41 Å². The molecular formula is C18H34N2O. The molecular weight excluding hydrogens is 260 g/mol. The number of fused-ring (bicyclic) bond motifs is 1. The van der Waals surface area contributed by atoms with Gasteiger partial charge in [-0.1, -0.05) is 39.5 Å². The number of amides is 1. The van der Waals surface area contributed by atoms with Crippen molar-refractivity contribution in [1.29, 1.82) is 0 Å². The van der Waals surface area contributed by atoms with E-state index in [0.29, 0.717) is 18.5 Å². The quantitative estimate of drug-likeness (QED) is 0.811. The van der Waals surface area contributed by atoms with E-state index in [4.69, 9.17) is 5.73 Å². The minimum absolute atomic E-state index is 0.289. The largest absolute Gasteiger partial charge is 0.339 e. The van der Waals surface area contributed by atoms with Crippen molar-refractivity contribution in [2.45, 2.75) is 84.1 Å². The Morgan fingerprint density at radius 2 is 1.71 bits per heavy atom. The first kappa shape index (κ1) is 16.8. The Balaban J connectivity index is 2.17. The monoisotopic (exact) mass is 294 g/mol. The van der Waals surface area contributed by atoms with Crippen LogP contribution in [0.1, 0.15) is 78.1 Å². The molecule has 3 heteroatoms. The number of likely N-dealkylation sites (tertiary alicyclic amines) is 1. The fourth-order valence-electron chi connectivity index (χ4n) is 4.77. The highest BCUT2D eigenvalue weighted by molar-refractivity contribution is 5.83. The van der Waals surface area contributed by atoms with Gasteiger partial charge in [0.15, 0.2) is 0 Å². The normalized spacial score (nSPS) is 26.5. The second-order valence-corrected chi connectivity index (χ2v) is 7.24. The first-order valence-corrected chi connectivity index (χ1v) is 9.19. The molecule has 0 aromatic carbocycles. The van der Waals surface area contributed by atoms with E-state index in [2.05, 4.69) is 18.7 Å². The van der Waals surface area contributed by atoms with Gasteiger partial charge >= 0.3 is 0 Å². The molecule has 1 aliphatic carbocycles. The lowest BCUT2D eigenvalue weighted by atomic mass is 9.74. The second-order valence-electron chi connectivity index (χ2n) is 7.24. The van der Waals surface area contributed by atoms with Crippen molar-refractivity contribution in [3.05, 3.63) is 0 Å². The third kappa shape index (κ3) is 3.44. The summed E-state index contributed by atoms with van der Waals surface area (Å²) in [6, 6.07) is 0.514. The van der Waals surface area contributed by atoms with E-state index in [1.165, 1.54) is 38.5 Å². The highest BCUT2D eigenvalue weighted by atomic mass is 16.2. The van der Waals surface area contributed by atoms with Crippen LogP contribution in [0.25, 0.3) is 0 Å². The van der Waals surface area contributed by atoms with Crippen LogP contribution in [0.4, 0.5) is 0 Å². The summed E-state index contributed by atoms with van der Waals surface area (Å²) in [4.78, 5) is 15.6. The lowest BCUT2D eigenvalue weighted by molar-refractivity contribution is -0.149. The van der Waals surface area contributed by atoms with Crippen LogP contribution in [0, 0.1) is 11.3 Å². The number of hydrogen-bond acceptors (Lipinski definition) is 2. The molecule has 2 rings (SSSR count). The fourth-order valence-corrected chi connectivity index (χ4v) is 4.77. The molecule has 1 aliphatic heterocycles. The predicted molar refractivity (Wildman–Crippen MR) is 88.0 cm³/mol. The summed E-state index contributed by atoms with van der Waals surface area (Å²) in [6.45, 7) is 5.83. The molecule has 2 aliphatic rings. The highest BCUT2D eigenvalue weighted by Crippen LogP contribution is 2.39. The molecule has 21 heavy (non-hydrogen) atoms. The number of rotatable bonds is 6. The number of piperidine rings is 1. The van der Waals surface area contributed by atoms with E-state index in [1.54, 1.807) is 0 Å². The summed E-state index contributed by atoms with van der Waals surface area (Å²) in [5.41, 5.74) is 5.82. The van der Waals surface area contributed by atoms with Crippen LogP contribution in [-0.4, -0.2) is 29.9 Å². The van der Waals surface area contributed by atoms with Gasteiger partial charge in [-0.25, -0.2) is 0 Å². The van der Waals surface area contributed by atoms with Crippen LogP contribution in [-0.2, 0) is 4.79 Å². The zero-order valence-corrected chi connectivity index (χ0v) is 14.1. The van der Waals surface area contributed by atoms with E-state index >= 15 is 0 Å². The minimum Gasteiger partial charge on any atom is -0.339 e. The Morgan fingerprint density at radius 3 is 2.33 bits per heavy atom. The highest BCUT2D eigenvalue weighted by Gasteiger charge is 2.43. The summed E-state index contributed by atoms with van der Waals surface area (Å²) >= 11 is 0. The van der Waals surface area contributed by atoms with Gasteiger partial charge in [0, 0.05) is 19.1 Å². The van der Waals surface area contributed by atoms with Gasteiger partial charge in [0.1, 0.15) is 0 Å². The summed E-state index contributed by atoms with van der Waals surface area (Å²) in [5.74, 6) is 1.14. The molecule has 3 nitrogen and oxygen atoms in total. The Morgan fingerprint density at radius 1 is 1.10 bits per heavy atom. The molecule has 1 heterocycles. The van der Waals surface area contributed by atoms with Crippen LogP contribution in [0.5, 0.6) is 0 Å². The van der Waals surface area contributed by atoms with Gasteiger partial charge < -0.3 is 10.6 Å². The van der Waals surface area contributed by atoms with Crippen LogP contribution < -0.4 is 5.73 Å². The molecule has 0 spiro atoms. The predicted octanol–water partition coefficient (Wildman–Crippen LogP) is 3.71. The number of nitrogens with two attached hydrogens (primary N) is 1. The maximum absolute atomic E-state index is 13.3. The summed E-state index contributed by atoms with van der Waals surface area (Å²) < 4.78 is 0. The molecule has 2 atom stereocenters. The molecule has 2 unspecified atom stereocenters. The van der Waals surface area contributed by atoms with Crippen LogP contribution in [0.3, 0.4) is 0 Å². The maximum Gasteiger partial charge on any atom is 0.230 e. The van der Waals surface area contributed by atoms with Gasteiger partial charge in [-0.15, -0.1) is 0 Å². The lowest BCUT2D eigenvalue weighted by Crippen LogP contribution is -2.56. The van der Waals surface area contributed by atoms with Gasteiger partial charge in [-0.05, 0) is 44.4 Å². The molecule has 0 aromatic heterocycles. The van der Waals surface area contributed by atoms with E-state index in [0.717, 1.165) is 38.1 Å². The van der Waals surface area contributed by atoms with Crippen LogP contribution >= 0.6 is 0 Å². The zero-order chi connectivity index (χ0) is 15.3. The van der Waals surface area contributed by atoms with E-state index in [-0.39, 0.29) is 5.41 Å². The van der Waals surface area contributed by atoms with Crippen molar-refractivity contribution in [3.63, 3.8) is 0 Å². The van der Waals surface area contributed by atoms with Crippen molar-refractivity contribution in [1.82, 2.24) is 4.90 Å². The van der Waals surface area contributed by atoms with Gasteiger partial charge in [-0.2, -0.15) is 0 Å². The molecule has 1 saturated heterocycles. The SMILES string of the molecule is CCCC(CN)(CCC)C(=O)N1CCCC2CCCCC21. The third-order valence-corrected chi connectivity index (χ3v) is 5.81. The first-order chi connectivity index (χ1) is 10.2. The molecule has 2 N–H and O–H groups in total. The average molecular weight is 294 g/mol. The van der Waals surface area contributed by atoms with Gasteiger partial charge in [0.25, 0.3) is 0 Å². The Labute approximate surface area is 130 Å². The molecule has 1 amide bonds. The fraction of sp³-hybridized carbons (Fsp3) is 0.944. The van der Waals surface area contributed by atoms with Crippen molar-refractivity contribution >= 4 is 5.91 Å². The second kappa shape index (κ2) is 7.62. The van der Waals surface area contributed by atoms with Crippen molar-refractivity contribution < 1.29 is 4.79 Å². The average Bonchev–Trinajstić information content (AvgIpc) is 2.53. The molecule has 0 radical (unpaired) electrons. The third-order valence-electron chi connectivity index (χ3n) is 5.81. The molecule has 0 bridgehead atoms. The van der Waals surface area contributed by atoms with Crippen LogP contribution in [0.2, 0.25) is 0 Å². The minimum atomic E-state index is -0.289. The Hall–Kier alpha value is -0.570. The molecule has 0 aromatic rings. The number of carbonyl (C=O) groups excluding carboxylic acids is 1. The van der Waals surface area contributed by atoms with Crippen LogP contribution in [0.15, 0.2) is 0 Å². The van der Waals surface area contributed by atoms with Crippen molar-refractivity contribution in [2.75, 3.05) is 13.1 Å². The lowest BCUT2D eigenvalue weighted by Gasteiger charge is -2.47. The molecule has 2 fully saturated rings. The molecule has 122 valence electrons. The number of carbonyl (C=O) groups is 1. The zero-order valence-electron chi connectivity index (χ0n) is 14.1. The van der Waals surface area contributed by atoms with Crippen molar-refractivity contribution in [2.24, 2.45) is 17.1 Å². The van der Waals surface area contributed by atoms with E-state index in [9.17, 15) is 4.79 Å². The van der Waals surface area contributed by atoms with E-state index < -0.39 is 0 Å². The topological polar surface area (TPSA) is 46.3 Å². The summed E-state index contributed by atoms with van der Waals surface area (Å²) in [7, 11) is 0. The summed E-state index contributed by atoms with van der Waals surface area (Å²) in [5, 5.41) is 0. The van der Waals surface area contributed by atoms with E-state index in [1.807, 2.05) is 0 Å². The van der Waals surface area contributed by atoms with Gasteiger partial charge in [0.2, 0.25) is 5.91 Å². The number of hydrogen-bond donors (Lipinski definition) is 1. The van der Waals surface area contributed by atoms with Gasteiger partial charge in [-0.3, -0.25) is 4.79 Å². The smallest absolute Gasteiger partial charge is 0.230 e. The standard InChI is InChI=1S/C18H34N2O/c1-3-11-18(14-19,12-4-2)17(21)20-13-7-9-15-8-5-6-10-16(15)20/h15-16H,3-14,19H2,1-2H3. The number of nitrogens with zero attached hydrogens (tertiary/aromatic N) is 1. The Bertz CT molecular complexity index is 334. The maximum atomic E-state index is 13.3. The Kier molecular flexibility index (Phi) is 6.09. The van der Waals surface area contributed by atoms with Crippen molar-refractivity contribution in [3.8, 4) is 0 Å². The molecule has 1 saturated carbocycles.